The number of nitrogens with zero attached hydrogens (tertiary/aromatic N) is 1. The van der Waals surface area contributed by atoms with Crippen LogP contribution in [0.15, 0.2) is 66.0 Å². The molecule has 0 radical (unpaired) electrons. The standard InChI is InChI=1S/C22H23NO2S/c24-21(13-17-5-2-1-3-6-17)18-8-9-22-19(14-18)15-23(10-11-25-22)16-20-7-4-12-26-20/h1-9,12,14,21,24H,10-11,13,15-16H2/t21-/m1/s1. The molecule has 2 heterocycles. The van der Waals surface area contributed by atoms with Gasteiger partial charge in [-0.3, -0.25) is 4.90 Å². The third-order valence-electron chi connectivity index (χ3n) is 4.76. The van der Waals surface area contributed by atoms with Crippen LogP contribution in [0.25, 0.3) is 0 Å². The van der Waals surface area contributed by atoms with E-state index in [1.54, 1.807) is 11.3 Å². The zero-order chi connectivity index (χ0) is 17.8. The number of aliphatic hydroxyl groups is 1. The second kappa shape index (κ2) is 8.04. The van der Waals surface area contributed by atoms with E-state index in [1.807, 2.05) is 30.3 Å². The first-order chi connectivity index (χ1) is 12.8. The second-order valence-corrected chi connectivity index (χ2v) is 7.74. The van der Waals surface area contributed by atoms with Crippen molar-refractivity contribution < 1.29 is 9.84 Å². The van der Waals surface area contributed by atoms with Crippen LogP contribution in [-0.4, -0.2) is 23.2 Å². The Labute approximate surface area is 158 Å². The van der Waals surface area contributed by atoms with Crippen molar-refractivity contribution in [3.05, 3.63) is 87.6 Å². The molecule has 0 saturated heterocycles. The minimum Gasteiger partial charge on any atom is -0.492 e. The lowest BCUT2D eigenvalue weighted by Crippen LogP contribution is -2.24. The highest BCUT2D eigenvalue weighted by atomic mass is 32.1. The van der Waals surface area contributed by atoms with Gasteiger partial charge in [0.05, 0.1) is 6.10 Å². The molecule has 1 atom stereocenters. The Hall–Kier alpha value is -2.14. The zero-order valence-electron chi connectivity index (χ0n) is 14.7. The van der Waals surface area contributed by atoms with Crippen molar-refractivity contribution in [3.63, 3.8) is 0 Å². The quantitative estimate of drug-likeness (QED) is 0.726. The predicted molar refractivity (Wildman–Crippen MR) is 105 cm³/mol. The molecule has 0 fully saturated rings. The topological polar surface area (TPSA) is 32.7 Å². The van der Waals surface area contributed by atoms with E-state index in [2.05, 4.69) is 40.6 Å². The van der Waals surface area contributed by atoms with E-state index < -0.39 is 6.10 Å². The summed E-state index contributed by atoms with van der Waals surface area (Å²) < 4.78 is 5.93. The van der Waals surface area contributed by atoms with Gasteiger partial charge in [0.25, 0.3) is 0 Å². The van der Waals surface area contributed by atoms with Crippen molar-refractivity contribution in [2.45, 2.75) is 25.6 Å². The molecule has 0 unspecified atom stereocenters. The molecule has 0 spiro atoms. The maximum Gasteiger partial charge on any atom is 0.123 e. The van der Waals surface area contributed by atoms with E-state index in [1.165, 1.54) is 4.88 Å². The number of hydrogen-bond acceptors (Lipinski definition) is 4. The molecule has 0 bridgehead atoms. The van der Waals surface area contributed by atoms with Gasteiger partial charge in [0.15, 0.2) is 0 Å². The molecule has 4 rings (SSSR count). The minimum atomic E-state index is -0.503. The molecule has 0 amide bonds. The fourth-order valence-electron chi connectivity index (χ4n) is 3.39. The maximum atomic E-state index is 10.7. The van der Waals surface area contributed by atoms with Gasteiger partial charge in [-0.15, -0.1) is 11.3 Å². The lowest BCUT2D eigenvalue weighted by Gasteiger charge is -2.19. The Morgan fingerprint density at radius 2 is 1.96 bits per heavy atom. The molecule has 1 N–H and O–H groups in total. The van der Waals surface area contributed by atoms with Crippen LogP contribution in [0, 0.1) is 0 Å². The van der Waals surface area contributed by atoms with Gasteiger partial charge in [-0.2, -0.15) is 0 Å². The van der Waals surface area contributed by atoms with Gasteiger partial charge in [-0.1, -0.05) is 42.5 Å². The molecule has 3 aromatic rings. The van der Waals surface area contributed by atoms with Gasteiger partial charge >= 0.3 is 0 Å². The Bertz CT molecular complexity index is 833. The van der Waals surface area contributed by atoms with Crippen LogP contribution in [-0.2, 0) is 19.5 Å². The van der Waals surface area contributed by atoms with Crippen LogP contribution in [0.5, 0.6) is 5.75 Å². The average Bonchev–Trinajstić information content (AvgIpc) is 3.08. The summed E-state index contributed by atoms with van der Waals surface area (Å²) in [6.45, 7) is 3.40. The van der Waals surface area contributed by atoms with Crippen LogP contribution in [0.2, 0.25) is 0 Å². The third kappa shape index (κ3) is 4.15. The van der Waals surface area contributed by atoms with Crippen LogP contribution < -0.4 is 4.74 Å². The van der Waals surface area contributed by atoms with E-state index in [-0.39, 0.29) is 0 Å². The van der Waals surface area contributed by atoms with Gasteiger partial charge in [-0.05, 0) is 34.7 Å². The fraction of sp³-hybridized carbons (Fsp3) is 0.273. The van der Waals surface area contributed by atoms with Gasteiger partial charge in [0.2, 0.25) is 0 Å². The molecule has 1 aromatic heterocycles. The minimum absolute atomic E-state index is 0.503. The lowest BCUT2D eigenvalue weighted by atomic mass is 9.99. The summed E-state index contributed by atoms with van der Waals surface area (Å²) >= 11 is 1.79. The number of fused-ring (bicyclic) bond motifs is 1. The number of benzene rings is 2. The summed E-state index contributed by atoms with van der Waals surface area (Å²) in [4.78, 5) is 3.78. The Balaban J connectivity index is 1.50. The van der Waals surface area contributed by atoms with Gasteiger partial charge < -0.3 is 9.84 Å². The summed E-state index contributed by atoms with van der Waals surface area (Å²) in [5.74, 6) is 0.939. The van der Waals surface area contributed by atoms with Crippen molar-refractivity contribution in [3.8, 4) is 5.75 Å². The van der Waals surface area contributed by atoms with Crippen molar-refractivity contribution in [2.75, 3.05) is 13.2 Å². The molecular formula is C22H23NO2S. The SMILES string of the molecule is O[C@H](Cc1ccccc1)c1ccc2c(c1)CN(Cc1cccs1)CCO2. The van der Waals surface area contributed by atoms with E-state index in [0.29, 0.717) is 13.0 Å². The summed E-state index contributed by atoms with van der Waals surface area (Å²) in [5, 5.41) is 12.8. The van der Waals surface area contributed by atoms with Crippen LogP contribution >= 0.6 is 11.3 Å². The Morgan fingerprint density at radius 3 is 2.77 bits per heavy atom. The number of aliphatic hydroxyl groups excluding tert-OH is 1. The summed E-state index contributed by atoms with van der Waals surface area (Å²) in [6, 6.07) is 20.5. The van der Waals surface area contributed by atoms with Gasteiger partial charge in [0.1, 0.15) is 12.4 Å². The van der Waals surface area contributed by atoms with Crippen LogP contribution in [0.3, 0.4) is 0 Å². The van der Waals surface area contributed by atoms with E-state index >= 15 is 0 Å². The lowest BCUT2D eigenvalue weighted by molar-refractivity contribution is 0.178. The number of hydrogen-bond donors (Lipinski definition) is 1. The van der Waals surface area contributed by atoms with Crippen molar-refractivity contribution in [1.29, 1.82) is 0 Å². The monoisotopic (exact) mass is 365 g/mol. The molecular weight excluding hydrogens is 342 g/mol. The second-order valence-electron chi connectivity index (χ2n) is 6.71. The van der Waals surface area contributed by atoms with Crippen molar-refractivity contribution in [1.82, 2.24) is 4.90 Å². The van der Waals surface area contributed by atoms with Gasteiger partial charge in [-0.25, -0.2) is 0 Å². The van der Waals surface area contributed by atoms with Crippen LogP contribution in [0.1, 0.15) is 27.7 Å². The highest BCUT2D eigenvalue weighted by molar-refractivity contribution is 7.09. The smallest absolute Gasteiger partial charge is 0.123 e. The number of ether oxygens (including phenoxy) is 1. The van der Waals surface area contributed by atoms with Gasteiger partial charge in [0, 0.05) is 36.5 Å². The van der Waals surface area contributed by atoms with E-state index in [4.69, 9.17) is 4.74 Å². The molecule has 2 aromatic carbocycles. The fourth-order valence-corrected chi connectivity index (χ4v) is 4.13. The van der Waals surface area contributed by atoms with E-state index in [9.17, 15) is 5.11 Å². The summed E-state index contributed by atoms with van der Waals surface area (Å²) in [5.41, 5.74) is 3.25. The average molecular weight is 365 g/mol. The number of thiophene rings is 1. The third-order valence-corrected chi connectivity index (χ3v) is 5.62. The van der Waals surface area contributed by atoms with Crippen molar-refractivity contribution in [2.24, 2.45) is 0 Å². The normalized spacial score (nSPS) is 15.7. The molecule has 4 heteroatoms. The Kier molecular flexibility index (Phi) is 5.34. The molecule has 3 nitrogen and oxygen atoms in total. The zero-order valence-corrected chi connectivity index (χ0v) is 15.5. The molecule has 1 aliphatic rings. The molecule has 1 aliphatic heterocycles. The first-order valence-electron chi connectivity index (χ1n) is 9.00. The highest BCUT2D eigenvalue weighted by Crippen LogP contribution is 2.29. The molecule has 0 aliphatic carbocycles. The number of rotatable bonds is 5. The predicted octanol–water partition coefficient (Wildman–Crippen LogP) is 4.42. The van der Waals surface area contributed by atoms with Crippen LogP contribution in [0.4, 0.5) is 0 Å². The summed E-state index contributed by atoms with van der Waals surface area (Å²) in [6.07, 6.45) is 0.121. The molecule has 26 heavy (non-hydrogen) atoms. The highest BCUT2D eigenvalue weighted by Gasteiger charge is 2.18. The van der Waals surface area contributed by atoms with E-state index in [0.717, 1.165) is 42.1 Å². The first kappa shape index (κ1) is 17.3. The van der Waals surface area contributed by atoms with Crippen molar-refractivity contribution >= 4 is 11.3 Å². The summed E-state index contributed by atoms with van der Waals surface area (Å²) in [7, 11) is 0. The molecule has 0 saturated carbocycles. The largest absolute Gasteiger partial charge is 0.492 e. The first-order valence-corrected chi connectivity index (χ1v) is 9.88. The maximum absolute atomic E-state index is 10.7. The molecule has 134 valence electrons. The Morgan fingerprint density at radius 1 is 1.08 bits per heavy atom.